The standard InChI is InChI=1S/C21H26N2O4S/c1-21(2,18-6-4-3-5-7-18)16-22-20(24)17-8-10-19(11-9-17)28(25,26)23-12-14-27-15-13-23/h3-11H,12-16H2,1-2H3,(H,22,24). The second kappa shape index (κ2) is 8.43. The zero-order chi connectivity index (χ0) is 20.2. The Balaban J connectivity index is 1.65. The molecule has 1 heterocycles. The first-order valence-corrected chi connectivity index (χ1v) is 10.8. The largest absolute Gasteiger partial charge is 0.379 e. The second-order valence-electron chi connectivity index (χ2n) is 7.47. The van der Waals surface area contributed by atoms with Crippen molar-refractivity contribution >= 4 is 15.9 Å². The van der Waals surface area contributed by atoms with Crippen molar-refractivity contribution in [3.63, 3.8) is 0 Å². The maximum absolute atomic E-state index is 12.7. The number of rotatable bonds is 6. The third kappa shape index (κ3) is 4.60. The van der Waals surface area contributed by atoms with Crippen molar-refractivity contribution in [2.24, 2.45) is 0 Å². The number of carbonyl (C=O) groups excluding carboxylic acids is 1. The molecule has 0 aliphatic carbocycles. The topological polar surface area (TPSA) is 75.7 Å². The minimum Gasteiger partial charge on any atom is -0.379 e. The van der Waals surface area contributed by atoms with Gasteiger partial charge in [0.25, 0.3) is 5.91 Å². The Morgan fingerprint density at radius 2 is 1.64 bits per heavy atom. The third-order valence-corrected chi connectivity index (χ3v) is 6.88. The molecule has 1 fully saturated rings. The van der Waals surface area contributed by atoms with Gasteiger partial charge < -0.3 is 10.1 Å². The van der Waals surface area contributed by atoms with E-state index in [1.54, 1.807) is 12.1 Å². The van der Waals surface area contributed by atoms with Gasteiger partial charge in [-0.15, -0.1) is 0 Å². The van der Waals surface area contributed by atoms with E-state index < -0.39 is 10.0 Å². The van der Waals surface area contributed by atoms with Crippen LogP contribution in [0.15, 0.2) is 59.5 Å². The van der Waals surface area contributed by atoms with E-state index in [0.717, 1.165) is 5.56 Å². The number of nitrogens with zero attached hydrogens (tertiary/aromatic N) is 1. The molecule has 1 N–H and O–H groups in total. The maximum atomic E-state index is 12.7. The minimum atomic E-state index is -3.55. The highest BCUT2D eigenvalue weighted by Crippen LogP contribution is 2.22. The van der Waals surface area contributed by atoms with Crippen molar-refractivity contribution in [3.8, 4) is 0 Å². The summed E-state index contributed by atoms with van der Waals surface area (Å²) in [6.07, 6.45) is 0. The van der Waals surface area contributed by atoms with Crippen LogP contribution in [0.2, 0.25) is 0 Å². The van der Waals surface area contributed by atoms with Crippen molar-refractivity contribution in [2.75, 3.05) is 32.8 Å². The number of hydrogen-bond acceptors (Lipinski definition) is 4. The van der Waals surface area contributed by atoms with Crippen LogP contribution in [0.1, 0.15) is 29.8 Å². The molecule has 0 radical (unpaired) electrons. The van der Waals surface area contributed by atoms with Crippen molar-refractivity contribution in [2.45, 2.75) is 24.2 Å². The SMILES string of the molecule is CC(C)(CNC(=O)c1ccc(S(=O)(=O)N2CCOCC2)cc1)c1ccccc1. The highest BCUT2D eigenvalue weighted by molar-refractivity contribution is 7.89. The molecule has 28 heavy (non-hydrogen) atoms. The number of morpholine rings is 1. The fourth-order valence-electron chi connectivity index (χ4n) is 3.11. The van der Waals surface area contributed by atoms with Crippen LogP contribution in [0.5, 0.6) is 0 Å². The van der Waals surface area contributed by atoms with Crippen molar-refractivity contribution in [1.82, 2.24) is 9.62 Å². The van der Waals surface area contributed by atoms with E-state index in [2.05, 4.69) is 19.2 Å². The van der Waals surface area contributed by atoms with E-state index in [4.69, 9.17) is 4.74 Å². The molecule has 7 heteroatoms. The van der Waals surface area contributed by atoms with Gasteiger partial charge in [-0.2, -0.15) is 4.31 Å². The normalized spacial score (nSPS) is 15.9. The maximum Gasteiger partial charge on any atom is 0.251 e. The average molecular weight is 403 g/mol. The summed E-state index contributed by atoms with van der Waals surface area (Å²) in [7, 11) is -3.55. The predicted molar refractivity (Wildman–Crippen MR) is 108 cm³/mol. The molecule has 1 saturated heterocycles. The molecule has 1 aliphatic rings. The van der Waals surface area contributed by atoms with Crippen LogP contribution in [0.3, 0.4) is 0 Å². The number of benzene rings is 2. The highest BCUT2D eigenvalue weighted by Gasteiger charge is 2.26. The van der Waals surface area contributed by atoms with Crippen molar-refractivity contribution < 1.29 is 17.9 Å². The lowest BCUT2D eigenvalue weighted by Crippen LogP contribution is -2.40. The fraction of sp³-hybridized carbons (Fsp3) is 0.381. The Kier molecular flexibility index (Phi) is 6.17. The molecule has 150 valence electrons. The van der Waals surface area contributed by atoms with Crippen LogP contribution >= 0.6 is 0 Å². The molecule has 2 aromatic rings. The number of hydrogen-bond donors (Lipinski definition) is 1. The molecule has 0 spiro atoms. The molecule has 0 unspecified atom stereocenters. The van der Waals surface area contributed by atoms with E-state index in [9.17, 15) is 13.2 Å². The van der Waals surface area contributed by atoms with E-state index in [1.807, 2.05) is 30.3 Å². The lowest BCUT2D eigenvalue weighted by Gasteiger charge is -2.26. The Labute approximate surface area is 166 Å². The summed E-state index contributed by atoms with van der Waals surface area (Å²) in [5.41, 5.74) is 1.36. The molecule has 2 aromatic carbocycles. The number of sulfonamides is 1. The molecule has 0 atom stereocenters. The molecule has 0 bridgehead atoms. The molecule has 3 rings (SSSR count). The number of ether oxygens (including phenoxy) is 1. The Morgan fingerprint density at radius 3 is 2.25 bits per heavy atom. The average Bonchev–Trinajstić information content (AvgIpc) is 2.73. The summed E-state index contributed by atoms with van der Waals surface area (Å²) in [5, 5.41) is 2.94. The van der Waals surface area contributed by atoms with Gasteiger partial charge in [-0.05, 0) is 29.8 Å². The van der Waals surface area contributed by atoms with Gasteiger partial charge in [0.2, 0.25) is 10.0 Å². The van der Waals surface area contributed by atoms with Gasteiger partial charge in [0.05, 0.1) is 18.1 Å². The third-order valence-electron chi connectivity index (χ3n) is 4.97. The summed E-state index contributed by atoms with van der Waals surface area (Å²) < 4.78 is 31.9. The van der Waals surface area contributed by atoms with E-state index in [0.29, 0.717) is 38.4 Å². The summed E-state index contributed by atoms with van der Waals surface area (Å²) >= 11 is 0. The van der Waals surface area contributed by atoms with Gasteiger partial charge in [-0.3, -0.25) is 4.79 Å². The zero-order valence-electron chi connectivity index (χ0n) is 16.2. The van der Waals surface area contributed by atoms with Crippen molar-refractivity contribution in [3.05, 3.63) is 65.7 Å². The number of carbonyl (C=O) groups is 1. The van der Waals surface area contributed by atoms with E-state index >= 15 is 0 Å². The smallest absolute Gasteiger partial charge is 0.251 e. The van der Waals surface area contributed by atoms with Crippen LogP contribution in [-0.2, 0) is 20.2 Å². The molecule has 1 amide bonds. The van der Waals surface area contributed by atoms with Gasteiger partial charge in [0.1, 0.15) is 0 Å². The summed E-state index contributed by atoms with van der Waals surface area (Å²) in [4.78, 5) is 12.7. The first-order valence-electron chi connectivity index (χ1n) is 9.32. The minimum absolute atomic E-state index is 0.190. The molecule has 0 saturated carbocycles. The Morgan fingerprint density at radius 1 is 1.04 bits per heavy atom. The molecular formula is C21H26N2O4S. The molecular weight excluding hydrogens is 376 g/mol. The summed E-state index contributed by atoms with van der Waals surface area (Å²) in [5.74, 6) is -0.223. The van der Waals surface area contributed by atoms with Crippen LogP contribution < -0.4 is 5.32 Å². The van der Waals surface area contributed by atoms with Crippen LogP contribution in [-0.4, -0.2) is 51.5 Å². The summed E-state index contributed by atoms with van der Waals surface area (Å²) in [6, 6.07) is 16.1. The molecule has 0 aromatic heterocycles. The van der Waals surface area contributed by atoms with Crippen LogP contribution in [0, 0.1) is 0 Å². The number of amides is 1. The van der Waals surface area contributed by atoms with Gasteiger partial charge in [0.15, 0.2) is 0 Å². The first kappa shape index (κ1) is 20.5. The van der Waals surface area contributed by atoms with Gasteiger partial charge in [0, 0.05) is 30.6 Å². The molecule has 6 nitrogen and oxygen atoms in total. The van der Waals surface area contributed by atoms with Gasteiger partial charge in [-0.25, -0.2) is 8.42 Å². The fourth-order valence-corrected chi connectivity index (χ4v) is 4.52. The first-order chi connectivity index (χ1) is 13.3. The Hall–Kier alpha value is -2.22. The quantitative estimate of drug-likeness (QED) is 0.805. The monoisotopic (exact) mass is 402 g/mol. The van der Waals surface area contributed by atoms with Crippen LogP contribution in [0.25, 0.3) is 0 Å². The van der Waals surface area contributed by atoms with Gasteiger partial charge >= 0.3 is 0 Å². The number of nitrogens with one attached hydrogen (secondary N) is 1. The lowest BCUT2D eigenvalue weighted by molar-refractivity contribution is 0.0730. The molecule has 1 aliphatic heterocycles. The van der Waals surface area contributed by atoms with Gasteiger partial charge in [-0.1, -0.05) is 44.2 Å². The lowest BCUT2D eigenvalue weighted by atomic mass is 9.84. The second-order valence-corrected chi connectivity index (χ2v) is 9.41. The van der Waals surface area contributed by atoms with Crippen LogP contribution in [0.4, 0.5) is 0 Å². The van der Waals surface area contributed by atoms with E-state index in [1.165, 1.54) is 16.4 Å². The zero-order valence-corrected chi connectivity index (χ0v) is 17.0. The highest BCUT2D eigenvalue weighted by atomic mass is 32.2. The summed E-state index contributed by atoms with van der Waals surface area (Å²) in [6.45, 7) is 6.11. The predicted octanol–water partition coefficient (Wildman–Crippen LogP) is 2.42. The van der Waals surface area contributed by atoms with E-state index in [-0.39, 0.29) is 16.2 Å². The Bertz CT molecular complexity index is 903. The van der Waals surface area contributed by atoms with Crippen molar-refractivity contribution in [1.29, 1.82) is 0 Å².